The summed E-state index contributed by atoms with van der Waals surface area (Å²) < 4.78 is 14.8. The second-order valence-electron chi connectivity index (χ2n) is 12.1. The van der Waals surface area contributed by atoms with Gasteiger partial charge >= 0.3 is 17.9 Å². The summed E-state index contributed by atoms with van der Waals surface area (Å²) in [6.45, 7) is 5.29. The second-order valence-corrected chi connectivity index (χ2v) is 12.1. The fourth-order valence-corrected chi connectivity index (χ4v) is 5.07. The Labute approximate surface area is 279 Å². The third-order valence-corrected chi connectivity index (χ3v) is 7.78. The number of phenols is 1. The number of unbranched alkanes of at least 4 members (excludes halogenated alkanes) is 8. The first-order valence-corrected chi connectivity index (χ1v) is 16.7. The second kappa shape index (κ2) is 22.7. The Hall–Kier alpha value is -3.73. The zero-order valence-corrected chi connectivity index (χ0v) is 28.8. The molecule has 0 radical (unpaired) electrons. The van der Waals surface area contributed by atoms with Crippen molar-refractivity contribution in [1.29, 1.82) is 0 Å². The van der Waals surface area contributed by atoms with E-state index in [0.717, 1.165) is 52.7 Å². The summed E-state index contributed by atoms with van der Waals surface area (Å²) in [5.74, 6) is -5.12. The molecule has 3 atom stereocenters. The van der Waals surface area contributed by atoms with E-state index in [1.165, 1.54) is 37.5 Å². The van der Waals surface area contributed by atoms with Gasteiger partial charge in [-0.25, -0.2) is 9.59 Å². The summed E-state index contributed by atoms with van der Waals surface area (Å²) in [6.07, 6.45) is 12.0. The zero-order valence-electron chi connectivity index (χ0n) is 28.8. The van der Waals surface area contributed by atoms with Gasteiger partial charge in [-0.2, -0.15) is 0 Å². The molecule has 0 spiro atoms. The molecule has 11 heteroatoms. The Kier molecular flexibility index (Phi) is 20.0. The zero-order chi connectivity index (χ0) is 35.2. The van der Waals surface area contributed by atoms with E-state index in [1.54, 1.807) is 32.1 Å². The van der Waals surface area contributed by atoms with Gasteiger partial charge in [-0.3, -0.25) is 14.4 Å². The molecular formula is C36H55NO10. The summed E-state index contributed by atoms with van der Waals surface area (Å²) in [5.41, 5.74) is -2.04. The van der Waals surface area contributed by atoms with Gasteiger partial charge in [0.2, 0.25) is 5.91 Å². The van der Waals surface area contributed by atoms with Crippen LogP contribution in [0.5, 0.6) is 5.75 Å². The molecule has 1 aromatic carbocycles. The third-order valence-electron chi connectivity index (χ3n) is 7.78. The molecule has 1 amide bonds. The monoisotopic (exact) mass is 661 g/mol. The van der Waals surface area contributed by atoms with E-state index in [0.29, 0.717) is 30.6 Å². The minimum atomic E-state index is -2.64. The molecule has 0 saturated carbocycles. The molecular weight excluding hydrogens is 606 g/mol. The molecule has 0 aliphatic carbocycles. The van der Waals surface area contributed by atoms with Crippen LogP contribution in [0.4, 0.5) is 0 Å². The number of carbonyl (C=O) groups is 5. The maximum atomic E-state index is 13.8. The number of nitrogens with one attached hydrogen (secondary N) is 1. The highest BCUT2D eigenvalue weighted by molar-refractivity contribution is 5.95. The number of esters is 3. The van der Waals surface area contributed by atoms with E-state index in [1.807, 2.05) is 0 Å². The van der Waals surface area contributed by atoms with Crippen LogP contribution >= 0.6 is 0 Å². The Bertz CT molecular complexity index is 1150. The number of rotatable bonds is 24. The first-order chi connectivity index (χ1) is 22.4. The quantitative estimate of drug-likeness (QED) is 0.0574. The number of hydrogen-bond donors (Lipinski definition) is 3. The molecule has 0 heterocycles. The standard InChI is InChI=1S/C36H55NO10/c1-6-7-8-11-14-17-28(38)18-15-12-9-10-13-16-19-30(36(44,25-32(40)45-4)35(43)47-26(2)3)33(41)37-31(34(42)46-5)24-27-20-22-29(39)23-21-27/h16,19-23,26,30-31,39,44H,6-15,17-18,24-25H2,1-5H3,(H,37,41)/b19-16+/t30-,31-,36-/m0/s1. The molecule has 0 aliphatic rings. The predicted molar refractivity (Wildman–Crippen MR) is 177 cm³/mol. The molecule has 1 aromatic rings. The average Bonchev–Trinajstić information content (AvgIpc) is 3.03. The van der Waals surface area contributed by atoms with Crippen LogP contribution in [0.1, 0.15) is 110 Å². The van der Waals surface area contributed by atoms with Crippen LogP contribution in [-0.2, 0) is 44.6 Å². The summed E-state index contributed by atoms with van der Waals surface area (Å²) in [7, 11) is 2.25. The number of carbonyl (C=O) groups excluding carboxylic acids is 5. The number of amides is 1. The van der Waals surface area contributed by atoms with Gasteiger partial charge in [-0.15, -0.1) is 0 Å². The molecule has 264 valence electrons. The van der Waals surface area contributed by atoms with E-state index < -0.39 is 53.9 Å². The van der Waals surface area contributed by atoms with Gasteiger partial charge in [-0.1, -0.05) is 69.7 Å². The maximum Gasteiger partial charge on any atom is 0.340 e. The molecule has 0 bridgehead atoms. The lowest BCUT2D eigenvalue weighted by Crippen LogP contribution is -2.56. The minimum Gasteiger partial charge on any atom is -0.508 e. The molecule has 0 aliphatic heterocycles. The van der Waals surface area contributed by atoms with Crippen LogP contribution in [-0.4, -0.2) is 71.8 Å². The number of ether oxygens (including phenoxy) is 3. The largest absolute Gasteiger partial charge is 0.508 e. The van der Waals surface area contributed by atoms with Crippen molar-refractivity contribution < 1.29 is 48.4 Å². The molecule has 0 saturated heterocycles. The van der Waals surface area contributed by atoms with Crippen molar-refractivity contribution in [3.05, 3.63) is 42.0 Å². The van der Waals surface area contributed by atoms with Crippen molar-refractivity contribution in [3.8, 4) is 5.75 Å². The minimum absolute atomic E-state index is 0.0115. The normalized spacial score (nSPS) is 13.9. The highest BCUT2D eigenvalue weighted by atomic mass is 16.6. The van der Waals surface area contributed by atoms with Gasteiger partial charge in [0, 0.05) is 19.3 Å². The van der Waals surface area contributed by atoms with E-state index >= 15 is 0 Å². The van der Waals surface area contributed by atoms with Crippen LogP contribution in [0.2, 0.25) is 0 Å². The summed E-state index contributed by atoms with van der Waals surface area (Å²) in [4.78, 5) is 64.1. The lowest BCUT2D eigenvalue weighted by molar-refractivity contribution is -0.181. The lowest BCUT2D eigenvalue weighted by Gasteiger charge is -2.32. The molecule has 11 nitrogen and oxygen atoms in total. The van der Waals surface area contributed by atoms with Gasteiger partial charge in [0.15, 0.2) is 5.60 Å². The Morgan fingerprint density at radius 1 is 0.872 bits per heavy atom. The highest BCUT2D eigenvalue weighted by Gasteiger charge is 2.50. The molecule has 0 aromatic heterocycles. The molecule has 1 rings (SSSR count). The van der Waals surface area contributed by atoms with Gasteiger partial charge in [0.1, 0.15) is 17.6 Å². The lowest BCUT2D eigenvalue weighted by atomic mass is 9.82. The van der Waals surface area contributed by atoms with Gasteiger partial charge in [0.05, 0.1) is 32.7 Å². The van der Waals surface area contributed by atoms with Crippen LogP contribution in [0.25, 0.3) is 0 Å². The van der Waals surface area contributed by atoms with Gasteiger partial charge < -0.3 is 29.7 Å². The van der Waals surface area contributed by atoms with Crippen molar-refractivity contribution in [2.75, 3.05) is 14.2 Å². The van der Waals surface area contributed by atoms with Crippen molar-refractivity contribution >= 4 is 29.6 Å². The first-order valence-electron chi connectivity index (χ1n) is 16.7. The fraction of sp³-hybridized carbons (Fsp3) is 0.639. The summed E-state index contributed by atoms with van der Waals surface area (Å²) in [5, 5.41) is 23.8. The van der Waals surface area contributed by atoms with Crippen molar-refractivity contribution in [3.63, 3.8) is 0 Å². The SMILES string of the molecule is CCCCCCCC(=O)CCCCCC/C=C/[C@@H](C(=O)N[C@@H](Cc1ccc(O)cc1)C(=O)OC)[C@@](O)(CC(=O)OC)C(=O)OC(C)C. The Morgan fingerprint density at radius 3 is 2.02 bits per heavy atom. The van der Waals surface area contributed by atoms with Crippen LogP contribution in [0, 0.1) is 5.92 Å². The van der Waals surface area contributed by atoms with E-state index in [9.17, 15) is 34.2 Å². The van der Waals surface area contributed by atoms with Crippen molar-refractivity contribution in [2.24, 2.45) is 5.92 Å². The van der Waals surface area contributed by atoms with E-state index in [4.69, 9.17) is 14.2 Å². The third kappa shape index (κ3) is 16.1. The van der Waals surface area contributed by atoms with E-state index in [2.05, 4.69) is 12.2 Å². The number of aromatic hydroxyl groups is 1. The number of benzene rings is 1. The topological polar surface area (TPSA) is 166 Å². The van der Waals surface area contributed by atoms with Crippen molar-refractivity contribution in [1.82, 2.24) is 5.32 Å². The number of hydrogen-bond acceptors (Lipinski definition) is 10. The van der Waals surface area contributed by atoms with Crippen molar-refractivity contribution in [2.45, 2.75) is 128 Å². The van der Waals surface area contributed by atoms with Crippen LogP contribution in [0.3, 0.4) is 0 Å². The van der Waals surface area contributed by atoms with E-state index in [-0.39, 0.29) is 12.2 Å². The highest BCUT2D eigenvalue weighted by Crippen LogP contribution is 2.28. The number of ketones is 1. The predicted octanol–water partition coefficient (Wildman–Crippen LogP) is 5.28. The average molecular weight is 662 g/mol. The summed E-state index contributed by atoms with van der Waals surface area (Å²) in [6, 6.07) is 4.80. The maximum absolute atomic E-state index is 13.8. The summed E-state index contributed by atoms with van der Waals surface area (Å²) >= 11 is 0. The number of allylic oxidation sites excluding steroid dienone is 1. The number of Topliss-reactive ketones (excluding diaryl/α,β-unsaturated/α-hetero) is 1. The molecule has 0 fully saturated rings. The number of aliphatic hydroxyl groups is 1. The Morgan fingerprint density at radius 2 is 1.47 bits per heavy atom. The molecule has 0 unspecified atom stereocenters. The number of phenolic OH excluding ortho intramolecular Hbond substituents is 1. The Balaban J connectivity index is 3.04. The smallest absolute Gasteiger partial charge is 0.340 e. The van der Waals surface area contributed by atoms with Gasteiger partial charge in [0.25, 0.3) is 0 Å². The number of methoxy groups -OCH3 is 2. The fourth-order valence-electron chi connectivity index (χ4n) is 5.07. The van der Waals surface area contributed by atoms with Gasteiger partial charge in [-0.05, 0) is 57.2 Å². The molecule has 47 heavy (non-hydrogen) atoms. The van der Waals surface area contributed by atoms with Crippen LogP contribution in [0.15, 0.2) is 36.4 Å². The molecule has 3 N–H and O–H groups in total. The van der Waals surface area contributed by atoms with Crippen LogP contribution < -0.4 is 5.32 Å². The first kappa shape index (κ1) is 41.3.